The molecule has 1 N–H and O–H groups in total. The number of hydrogen-bond acceptors (Lipinski definition) is 5. The first-order chi connectivity index (χ1) is 19.8. The van der Waals surface area contributed by atoms with Crippen molar-refractivity contribution in [1.82, 2.24) is 9.80 Å². The number of hydrogen-bond donors (Lipinski definition) is 1. The number of benzene rings is 1. The number of carboxylic acids is 1. The standard InChI is InChI=1S/C25H30F11N3O4S/c26-24(27,28)21(25(29,30)31)43-22(42)39-9-4-23(5-10-39)3-8-37(15-23)14-16-11-18(13-19(12-16)44(32,33,34,35)36)38-6-1-17(2-7-38)20(40)41/h11-13,17,21H,1-10,14-15H2,(H,40,41). The molecule has 1 spiro atoms. The topological polar surface area (TPSA) is 73.3 Å². The van der Waals surface area contributed by atoms with Crippen molar-refractivity contribution in [3.05, 3.63) is 23.8 Å². The van der Waals surface area contributed by atoms with Crippen LogP contribution >= 0.6 is 10.2 Å². The third-order valence-corrected chi connectivity index (χ3v) is 9.55. The van der Waals surface area contributed by atoms with Gasteiger partial charge in [-0.05, 0) is 67.8 Å². The Kier molecular flexibility index (Phi) is 8.31. The molecule has 0 bridgehead atoms. The SMILES string of the molecule is O=C(O)C1CCN(c2cc(CN3CCC4(CCN(C(=O)OC(C(F)(F)F)C(F)(F)F)CC4)C3)cc(S(F)(F)(F)(F)F)c2)CC1. The summed E-state index contributed by atoms with van der Waals surface area (Å²) in [6.45, 7) is 0.0681. The van der Waals surface area contributed by atoms with E-state index in [-0.39, 0.29) is 76.2 Å². The lowest BCUT2D eigenvalue weighted by Crippen LogP contribution is -2.50. The first-order valence-electron chi connectivity index (χ1n) is 13.5. The number of carbonyl (C=O) groups excluding carboxylic acids is 1. The van der Waals surface area contributed by atoms with E-state index in [9.17, 15) is 60.5 Å². The van der Waals surface area contributed by atoms with Gasteiger partial charge in [-0.25, -0.2) is 4.79 Å². The average Bonchev–Trinajstić information content (AvgIpc) is 3.26. The van der Waals surface area contributed by atoms with Crippen LogP contribution in [0.5, 0.6) is 0 Å². The second-order valence-corrected chi connectivity index (χ2v) is 14.1. The number of ether oxygens (including phenoxy) is 1. The minimum Gasteiger partial charge on any atom is -0.481 e. The Morgan fingerprint density at radius 1 is 0.886 bits per heavy atom. The number of nitrogens with zero attached hydrogens (tertiary/aromatic N) is 3. The highest BCUT2D eigenvalue weighted by atomic mass is 32.5. The second kappa shape index (κ2) is 10.7. The van der Waals surface area contributed by atoms with Gasteiger partial charge in [0.05, 0.1) is 5.92 Å². The van der Waals surface area contributed by atoms with Crippen LogP contribution in [0.1, 0.15) is 37.7 Å². The monoisotopic (exact) mass is 677 g/mol. The first-order valence-corrected chi connectivity index (χ1v) is 15.5. The number of anilines is 1. The van der Waals surface area contributed by atoms with Gasteiger partial charge in [0.1, 0.15) is 4.90 Å². The summed E-state index contributed by atoms with van der Waals surface area (Å²) in [6.07, 6.45) is -16.8. The van der Waals surface area contributed by atoms with E-state index in [2.05, 4.69) is 4.74 Å². The van der Waals surface area contributed by atoms with Crippen LogP contribution in [0.3, 0.4) is 0 Å². The minimum atomic E-state index is -10.1. The predicted octanol–water partition coefficient (Wildman–Crippen LogP) is 7.56. The van der Waals surface area contributed by atoms with Gasteiger partial charge in [-0.1, -0.05) is 19.4 Å². The zero-order valence-electron chi connectivity index (χ0n) is 23.0. The normalized spacial score (nSPS) is 22.3. The van der Waals surface area contributed by atoms with E-state index in [1.165, 1.54) is 11.0 Å². The molecule has 3 heterocycles. The number of carbonyl (C=O) groups is 2. The van der Waals surface area contributed by atoms with Crippen molar-refractivity contribution in [3.63, 3.8) is 0 Å². The zero-order chi connectivity index (χ0) is 33.0. The lowest BCUT2D eigenvalue weighted by Gasteiger charge is -2.42. The highest BCUT2D eigenvalue weighted by Gasteiger charge is 2.65. The fraction of sp³-hybridized carbons (Fsp3) is 0.680. The lowest BCUT2D eigenvalue weighted by molar-refractivity contribution is -0.308. The molecule has 7 nitrogen and oxygen atoms in total. The molecule has 4 rings (SSSR count). The van der Waals surface area contributed by atoms with Gasteiger partial charge in [-0.15, -0.1) is 0 Å². The van der Waals surface area contributed by atoms with Gasteiger partial charge < -0.3 is 19.6 Å². The summed E-state index contributed by atoms with van der Waals surface area (Å²) in [6, 6.07) is 2.10. The number of likely N-dealkylation sites (tertiary alicyclic amines) is 2. The molecule has 3 aliphatic rings. The van der Waals surface area contributed by atoms with E-state index in [0.29, 0.717) is 25.1 Å². The van der Waals surface area contributed by atoms with Crippen LogP contribution in [0.25, 0.3) is 0 Å². The summed E-state index contributed by atoms with van der Waals surface area (Å²) in [5, 5.41) is 9.18. The Morgan fingerprint density at radius 2 is 1.43 bits per heavy atom. The zero-order valence-corrected chi connectivity index (χ0v) is 23.8. The van der Waals surface area contributed by atoms with E-state index in [0.717, 1.165) is 4.90 Å². The molecule has 1 amide bonds. The highest BCUT2D eigenvalue weighted by molar-refractivity contribution is 8.45. The van der Waals surface area contributed by atoms with Crippen LogP contribution < -0.4 is 4.90 Å². The van der Waals surface area contributed by atoms with Crippen molar-refractivity contribution >= 4 is 28.0 Å². The second-order valence-electron chi connectivity index (χ2n) is 11.7. The maximum absolute atomic E-state index is 13.9. The molecular weight excluding hydrogens is 647 g/mol. The maximum atomic E-state index is 13.9. The van der Waals surface area contributed by atoms with Crippen molar-refractivity contribution in [2.45, 2.75) is 62.0 Å². The molecule has 1 aromatic rings. The van der Waals surface area contributed by atoms with Crippen LogP contribution in [0, 0.1) is 11.3 Å². The summed E-state index contributed by atoms with van der Waals surface area (Å²) in [5.74, 6) is -1.75. The smallest absolute Gasteiger partial charge is 0.434 e. The number of alkyl halides is 6. The Bertz CT molecular complexity index is 1240. The number of rotatable bonds is 6. The number of halogens is 11. The molecule has 1 aromatic carbocycles. The number of amides is 1. The van der Waals surface area contributed by atoms with Gasteiger partial charge in [0, 0.05) is 45.0 Å². The third-order valence-electron chi connectivity index (χ3n) is 8.42. The van der Waals surface area contributed by atoms with Gasteiger partial charge in [0.25, 0.3) is 6.10 Å². The van der Waals surface area contributed by atoms with Crippen molar-refractivity contribution in [2.24, 2.45) is 11.3 Å². The number of aliphatic carboxylic acids is 1. The van der Waals surface area contributed by atoms with E-state index < -0.39 is 57.0 Å². The Balaban J connectivity index is 1.43. The van der Waals surface area contributed by atoms with Crippen LogP contribution in [-0.2, 0) is 16.1 Å². The Hall–Kier alpha value is -2.70. The van der Waals surface area contributed by atoms with Gasteiger partial charge in [-0.3, -0.25) is 9.69 Å². The molecule has 0 saturated carbocycles. The Morgan fingerprint density at radius 3 is 1.93 bits per heavy atom. The van der Waals surface area contributed by atoms with Crippen LogP contribution in [-0.4, -0.2) is 84.7 Å². The molecule has 0 aromatic heterocycles. The molecule has 19 heteroatoms. The van der Waals surface area contributed by atoms with Crippen molar-refractivity contribution in [2.75, 3.05) is 44.2 Å². The number of piperidine rings is 2. The molecule has 3 fully saturated rings. The minimum absolute atomic E-state index is 0.0542. The molecule has 3 saturated heterocycles. The van der Waals surface area contributed by atoms with Crippen molar-refractivity contribution in [3.8, 4) is 0 Å². The van der Waals surface area contributed by atoms with Crippen molar-refractivity contribution < 1.29 is 65.2 Å². The van der Waals surface area contributed by atoms with Gasteiger partial charge in [0.2, 0.25) is 0 Å². The summed E-state index contributed by atoms with van der Waals surface area (Å²) in [7, 11) is -10.1. The highest BCUT2D eigenvalue weighted by Crippen LogP contribution is 3.02. The quantitative estimate of drug-likeness (QED) is 0.314. The van der Waals surface area contributed by atoms with Crippen LogP contribution in [0.15, 0.2) is 23.1 Å². The van der Waals surface area contributed by atoms with Crippen LogP contribution in [0.2, 0.25) is 0 Å². The molecule has 0 atom stereocenters. The Labute approximate surface area is 244 Å². The lowest BCUT2D eigenvalue weighted by atomic mass is 9.78. The summed E-state index contributed by atoms with van der Waals surface area (Å²) < 4.78 is 150. The molecule has 0 radical (unpaired) electrons. The van der Waals surface area contributed by atoms with E-state index in [4.69, 9.17) is 0 Å². The molecule has 3 aliphatic heterocycles. The first kappa shape index (κ1) is 34.2. The predicted molar refractivity (Wildman–Crippen MR) is 136 cm³/mol. The summed E-state index contributed by atoms with van der Waals surface area (Å²) >= 11 is 0. The maximum Gasteiger partial charge on any atom is 0.434 e. The molecule has 0 unspecified atom stereocenters. The van der Waals surface area contributed by atoms with E-state index >= 15 is 0 Å². The van der Waals surface area contributed by atoms with Crippen LogP contribution in [0.4, 0.5) is 56.3 Å². The summed E-state index contributed by atoms with van der Waals surface area (Å²) in [5.41, 5.74) is -0.732. The third kappa shape index (κ3) is 8.11. The van der Waals surface area contributed by atoms with E-state index in [1.54, 1.807) is 4.90 Å². The molecule has 44 heavy (non-hydrogen) atoms. The van der Waals surface area contributed by atoms with Gasteiger partial charge in [-0.2, -0.15) is 26.3 Å². The molecule has 252 valence electrons. The van der Waals surface area contributed by atoms with Gasteiger partial charge >= 0.3 is 34.6 Å². The fourth-order valence-corrected chi connectivity index (χ4v) is 6.73. The number of carboxylic acid groups (broad SMARTS) is 1. The molecular formula is C25H30F11N3O4S. The summed E-state index contributed by atoms with van der Waals surface area (Å²) in [4.78, 5) is 25.1. The fourth-order valence-electron chi connectivity index (χ4n) is 6.01. The average molecular weight is 678 g/mol. The molecule has 0 aliphatic carbocycles. The van der Waals surface area contributed by atoms with Gasteiger partial charge in [0.15, 0.2) is 0 Å². The largest absolute Gasteiger partial charge is 0.481 e. The van der Waals surface area contributed by atoms with E-state index in [1.807, 2.05) is 0 Å². The van der Waals surface area contributed by atoms with Crippen molar-refractivity contribution in [1.29, 1.82) is 0 Å².